The minimum Gasteiger partial charge on any atom is -0.334 e. The van der Waals surface area contributed by atoms with Gasteiger partial charge in [-0.1, -0.05) is 18.7 Å². The lowest BCUT2D eigenvalue weighted by Gasteiger charge is -2.18. The number of hydrogen-bond acceptors (Lipinski definition) is 6. The molecule has 1 amide bonds. The summed E-state index contributed by atoms with van der Waals surface area (Å²) in [7, 11) is 0. The number of halogens is 2. The van der Waals surface area contributed by atoms with Crippen molar-refractivity contribution in [2.45, 2.75) is 6.42 Å². The van der Waals surface area contributed by atoms with Crippen LogP contribution in [-0.2, 0) is 9.59 Å². The molecule has 0 atom stereocenters. The average Bonchev–Trinajstić information content (AvgIpc) is 2.94. The number of likely N-dealkylation sites (tertiary alicyclic amines) is 1. The van der Waals surface area contributed by atoms with Crippen LogP contribution in [0.4, 0.5) is 20.2 Å². The Morgan fingerprint density at radius 3 is 1.91 bits per heavy atom. The van der Waals surface area contributed by atoms with E-state index in [0.29, 0.717) is 0 Å². The van der Waals surface area contributed by atoms with Gasteiger partial charge < -0.3 is 4.90 Å². The van der Waals surface area contributed by atoms with E-state index in [0.717, 1.165) is 30.3 Å². The Morgan fingerprint density at radius 2 is 1.44 bits per heavy atom. The van der Waals surface area contributed by atoms with Crippen LogP contribution in [0.2, 0.25) is 0 Å². The first-order chi connectivity index (χ1) is 16.1. The highest BCUT2D eigenvalue weighted by Gasteiger charge is 2.26. The summed E-state index contributed by atoms with van der Waals surface area (Å²) in [5.41, 5.74) is -0.894. The Balaban J connectivity index is 2.08. The second-order valence-corrected chi connectivity index (χ2v) is 7.32. The summed E-state index contributed by atoms with van der Waals surface area (Å²) in [6.45, 7) is 3.40. The molecular formula is C23H17F2N3O6. The molecule has 0 radical (unpaired) electrons. The highest BCUT2D eigenvalue weighted by molar-refractivity contribution is 6.14. The van der Waals surface area contributed by atoms with Crippen molar-refractivity contribution in [2.75, 3.05) is 13.1 Å². The first kappa shape index (κ1) is 24.1. The fourth-order valence-corrected chi connectivity index (χ4v) is 3.42. The van der Waals surface area contributed by atoms with Gasteiger partial charge in [-0.25, -0.2) is 0 Å². The highest BCUT2D eigenvalue weighted by atomic mass is 19.1. The molecule has 1 saturated heterocycles. The predicted octanol–water partition coefficient (Wildman–Crippen LogP) is 4.24. The molecule has 0 spiro atoms. The lowest BCUT2D eigenvalue weighted by molar-refractivity contribution is -0.387. The fraction of sp³-hybridized carbons (Fsp3) is 0.130. The molecule has 0 N–H and O–H groups in total. The molecule has 0 aromatic heterocycles. The number of carbonyl (C=O) groups is 2. The number of nitro benzene ring substituents is 2. The van der Waals surface area contributed by atoms with Gasteiger partial charge in [0.05, 0.1) is 9.85 Å². The summed E-state index contributed by atoms with van der Waals surface area (Å²) >= 11 is 0. The van der Waals surface area contributed by atoms with Crippen molar-refractivity contribution in [3.8, 4) is 0 Å². The van der Waals surface area contributed by atoms with Crippen molar-refractivity contribution < 1.29 is 28.2 Å². The zero-order valence-corrected chi connectivity index (χ0v) is 17.6. The number of ketones is 1. The summed E-state index contributed by atoms with van der Waals surface area (Å²) in [6.07, 6.45) is 3.83. The van der Waals surface area contributed by atoms with Crippen molar-refractivity contribution in [2.24, 2.45) is 0 Å². The Labute approximate surface area is 191 Å². The molecule has 34 heavy (non-hydrogen) atoms. The summed E-state index contributed by atoms with van der Waals surface area (Å²) in [6, 6.07) is 6.28. The van der Waals surface area contributed by atoms with E-state index in [4.69, 9.17) is 0 Å². The molecule has 1 aliphatic rings. The van der Waals surface area contributed by atoms with E-state index >= 15 is 0 Å². The number of Topliss-reactive ketones (excluding diaryl/α,β-unsaturated/α-hetero) is 1. The monoisotopic (exact) mass is 469 g/mol. The first-order valence-corrected chi connectivity index (χ1v) is 9.85. The van der Waals surface area contributed by atoms with E-state index in [9.17, 15) is 38.6 Å². The molecule has 2 aromatic rings. The molecule has 174 valence electrons. The lowest BCUT2D eigenvalue weighted by Crippen LogP contribution is -2.31. The maximum atomic E-state index is 13.7. The van der Waals surface area contributed by atoms with Crippen molar-refractivity contribution in [1.82, 2.24) is 4.90 Å². The van der Waals surface area contributed by atoms with Crippen LogP contribution in [0.3, 0.4) is 0 Å². The van der Waals surface area contributed by atoms with E-state index in [1.54, 1.807) is 0 Å². The summed E-state index contributed by atoms with van der Waals surface area (Å²) < 4.78 is 27.4. The zero-order chi connectivity index (χ0) is 25.0. The van der Waals surface area contributed by atoms with E-state index in [-0.39, 0.29) is 41.8 Å². The summed E-state index contributed by atoms with van der Waals surface area (Å²) in [4.78, 5) is 47.1. The van der Waals surface area contributed by atoms with Crippen LogP contribution in [0.1, 0.15) is 17.5 Å². The van der Waals surface area contributed by atoms with Gasteiger partial charge in [-0.3, -0.25) is 29.8 Å². The Morgan fingerprint density at radius 1 is 0.941 bits per heavy atom. The normalized spacial score (nSPS) is 16.4. The number of benzene rings is 2. The fourth-order valence-electron chi connectivity index (χ4n) is 3.42. The number of nitrogens with zero attached hydrogens (tertiary/aromatic N) is 3. The third-order valence-corrected chi connectivity index (χ3v) is 5.10. The van der Waals surface area contributed by atoms with Crippen LogP contribution < -0.4 is 0 Å². The first-order valence-electron chi connectivity index (χ1n) is 9.85. The summed E-state index contributed by atoms with van der Waals surface area (Å²) in [5.74, 6) is -3.04. The third kappa shape index (κ3) is 5.26. The number of hydrogen-bond donors (Lipinski definition) is 0. The van der Waals surface area contributed by atoms with E-state index in [1.165, 1.54) is 29.2 Å². The van der Waals surface area contributed by atoms with Crippen LogP contribution in [0.25, 0.3) is 12.2 Å². The second kappa shape index (κ2) is 9.94. The molecule has 11 heteroatoms. The van der Waals surface area contributed by atoms with E-state index in [1.807, 2.05) is 0 Å². The Bertz CT molecular complexity index is 1290. The number of rotatable bonds is 5. The molecule has 3 rings (SSSR count). The lowest BCUT2D eigenvalue weighted by atomic mass is 9.98. The molecule has 0 bridgehead atoms. The van der Waals surface area contributed by atoms with Gasteiger partial charge in [0.2, 0.25) is 17.5 Å². The second-order valence-electron chi connectivity index (χ2n) is 7.32. The molecule has 1 fully saturated rings. The number of carbonyl (C=O) groups excluding carboxylic acids is 2. The van der Waals surface area contributed by atoms with Gasteiger partial charge in [-0.15, -0.1) is 0 Å². The minimum atomic E-state index is -1.04. The largest absolute Gasteiger partial charge is 0.334 e. The van der Waals surface area contributed by atoms with Crippen molar-refractivity contribution in [3.63, 3.8) is 0 Å². The predicted molar refractivity (Wildman–Crippen MR) is 118 cm³/mol. The zero-order valence-electron chi connectivity index (χ0n) is 17.6. The number of amides is 1. The smallest absolute Gasteiger partial charge is 0.305 e. The van der Waals surface area contributed by atoms with Crippen LogP contribution >= 0.6 is 0 Å². The van der Waals surface area contributed by atoms with Gasteiger partial charge in [0, 0.05) is 36.4 Å². The van der Waals surface area contributed by atoms with Gasteiger partial charge in [0.1, 0.15) is 0 Å². The molecule has 0 unspecified atom stereocenters. The Kier molecular flexibility index (Phi) is 7.05. The van der Waals surface area contributed by atoms with Crippen LogP contribution in [0.5, 0.6) is 0 Å². The van der Waals surface area contributed by atoms with Gasteiger partial charge in [-0.05, 0) is 47.9 Å². The van der Waals surface area contributed by atoms with Crippen molar-refractivity contribution in [3.05, 3.63) is 103 Å². The standard InChI is InChI=1S/C23H17F2N3O6/c1-2-22(29)26-8-7-16(9-14-3-5-18(24)20(11-14)27(31)32)23(30)17(13-26)10-15-4-6-19(25)21(12-15)28(33)34/h2-6,9-12H,1,7-8,13H2/b16-9+,17-10-. The van der Waals surface area contributed by atoms with Crippen molar-refractivity contribution in [1.29, 1.82) is 0 Å². The highest BCUT2D eigenvalue weighted by Crippen LogP contribution is 2.26. The van der Waals surface area contributed by atoms with Gasteiger partial charge in [0.25, 0.3) is 0 Å². The summed E-state index contributed by atoms with van der Waals surface area (Å²) in [5, 5.41) is 22.1. The molecule has 0 saturated carbocycles. The minimum absolute atomic E-state index is 0.0801. The maximum Gasteiger partial charge on any atom is 0.305 e. The molecule has 0 aliphatic carbocycles. The van der Waals surface area contributed by atoms with Crippen molar-refractivity contribution >= 4 is 35.2 Å². The van der Waals surface area contributed by atoms with Crippen LogP contribution in [0.15, 0.2) is 60.2 Å². The average molecular weight is 469 g/mol. The SMILES string of the molecule is C=CC(=O)N1CC/C(=C\c2ccc(F)c([N+](=O)[O-])c2)C(=O)/C(=C\c2ccc(F)c([N+](=O)[O-])c2)C1. The van der Waals surface area contributed by atoms with E-state index in [2.05, 4.69) is 6.58 Å². The molecule has 9 nitrogen and oxygen atoms in total. The topological polar surface area (TPSA) is 124 Å². The molecule has 1 heterocycles. The molecule has 2 aromatic carbocycles. The molecule has 1 aliphatic heterocycles. The number of nitro groups is 2. The third-order valence-electron chi connectivity index (χ3n) is 5.10. The molecular weight excluding hydrogens is 452 g/mol. The quantitative estimate of drug-likeness (QED) is 0.367. The Hall–Kier alpha value is -4.54. The van der Waals surface area contributed by atoms with Gasteiger partial charge in [0.15, 0.2) is 5.78 Å². The maximum absolute atomic E-state index is 13.7. The van der Waals surface area contributed by atoms with Crippen LogP contribution in [0, 0.1) is 31.9 Å². The van der Waals surface area contributed by atoms with E-state index < -0.39 is 44.5 Å². The van der Waals surface area contributed by atoms with Gasteiger partial charge >= 0.3 is 11.4 Å². The van der Waals surface area contributed by atoms with Crippen LogP contribution in [-0.4, -0.2) is 39.5 Å². The van der Waals surface area contributed by atoms with Gasteiger partial charge in [-0.2, -0.15) is 8.78 Å².